The Balaban J connectivity index is 1.52. The van der Waals surface area contributed by atoms with Crippen LogP contribution in [-0.2, 0) is 16.8 Å². The topological polar surface area (TPSA) is 87.2 Å². The van der Waals surface area contributed by atoms with Crippen LogP contribution in [0.15, 0.2) is 79.0 Å². The molecule has 4 aromatic rings. The zero-order chi connectivity index (χ0) is 27.6. The summed E-state index contributed by atoms with van der Waals surface area (Å²) in [7, 11) is 0. The van der Waals surface area contributed by atoms with Crippen molar-refractivity contribution in [1.82, 2.24) is 15.3 Å². The molecule has 1 aliphatic carbocycles. The van der Waals surface area contributed by atoms with Crippen molar-refractivity contribution in [3.05, 3.63) is 113 Å². The number of phenols is 1. The number of alkyl halides is 3. The lowest BCUT2D eigenvalue weighted by Gasteiger charge is -2.35. The van der Waals surface area contributed by atoms with Crippen molar-refractivity contribution in [2.24, 2.45) is 0 Å². The molecule has 3 N–H and O–H groups in total. The van der Waals surface area contributed by atoms with E-state index in [1.807, 2.05) is 12.1 Å². The number of H-pyrrole nitrogens is 1. The minimum Gasteiger partial charge on any atom is -0.508 e. The van der Waals surface area contributed by atoms with Gasteiger partial charge in [-0.2, -0.15) is 13.2 Å². The lowest BCUT2D eigenvalue weighted by molar-refractivity contribution is -0.153. The Morgan fingerprint density at radius 1 is 1.00 bits per heavy atom. The van der Waals surface area contributed by atoms with E-state index < -0.39 is 18.3 Å². The summed E-state index contributed by atoms with van der Waals surface area (Å²) in [6.45, 7) is 0.368. The molecule has 5 rings (SSSR count). The first-order valence-electron chi connectivity index (χ1n) is 12.6. The van der Waals surface area contributed by atoms with E-state index >= 15 is 0 Å². The summed E-state index contributed by atoms with van der Waals surface area (Å²) in [4.78, 5) is 21.3. The maximum atomic E-state index is 13.6. The number of carbonyl (C=O) groups excluding carboxylic acids is 1. The number of ether oxygens (including phenoxy) is 1. The number of aromatic nitrogens is 2. The lowest BCUT2D eigenvalue weighted by atomic mass is 9.79. The van der Waals surface area contributed by atoms with E-state index in [4.69, 9.17) is 4.74 Å². The molecule has 0 radical (unpaired) electrons. The summed E-state index contributed by atoms with van der Waals surface area (Å²) in [5.41, 5.74) is 2.45. The van der Waals surface area contributed by atoms with Crippen molar-refractivity contribution in [3.63, 3.8) is 0 Å². The highest BCUT2D eigenvalue weighted by molar-refractivity contribution is 5.81. The zero-order valence-electron chi connectivity index (χ0n) is 21.3. The second-order valence-electron chi connectivity index (χ2n) is 9.84. The van der Waals surface area contributed by atoms with Crippen molar-refractivity contribution in [1.29, 1.82) is 0 Å². The molecule has 0 saturated heterocycles. The molecule has 1 saturated carbocycles. The fraction of sp³-hybridized carbons (Fsp3) is 0.267. The predicted octanol–water partition coefficient (Wildman–Crippen LogP) is 5.89. The van der Waals surface area contributed by atoms with Gasteiger partial charge in [0.25, 0.3) is 0 Å². The number of imidazole rings is 1. The molecule has 1 unspecified atom stereocenters. The number of halogens is 3. The maximum Gasteiger partial charge on any atom is 0.422 e. The second kappa shape index (κ2) is 10.5. The van der Waals surface area contributed by atoms with Gasteiger partial charge in [-0.1, -0.05) is 48.5 Å². The van der Waals surface area contributed by atoms with Crippen molar-refractivity contribution in [3.8, 4) is 11.5 Å². The highest BCUT2D eigenvalue weighted by atomic mass is 19.4. The van der Waals surface area contributed by atoms with Gasteiger partial charge in [0.05, 0.1) is 12.1 Å². The van der Waals surface area contributed by atoms with Gasteiger partial charge in [0.2, 0.25) is 5.91 Å². The Morgan fingerprint density at radius 2 is 1.62 bits per heavy atom. The third-order valence-electron chi connectivity index (χ3n) is 6.80. The van der Waals surface area contributed by atoms with Gasteiger partial charge in [-0.15, -0.1) is 0 Å². The summed E-state index contributed by atoms with van der Waals surface area (Å²) < 4.78 is 42.9. The first kappa shape index (κ1) is 26.3. The average Bonchev–Trinajstić information content (AvgIpc) is 3.67. The summed E-state index contributed by atoms with van der Waals surface area (Å²) in [5.74, 6) is 1.03. The van der Waals surface area contributed by atoms with E-state index in [0.717, 1.165) is 5.56 Å². The van der Waals surface area contributed by atoms with Crippen molar-refractivity contribution in [2.45, 2.75) is 43.8 Å². The van der Waals surface area contributed by atoms with Crippen LogP contribution >= 0.6 is 0 Å². The fourth-order valence-electron chi connectivity index (χ4n) is 4.72. The molecular formula is C30H28F3N3O3. The van der Waals surface area contributed by atoms with Gasteiger partial charge >= 0.3 is 6.18 Å². The average molecular weight is 536 g/mol. The molecule has 1 amide bonds. The second-order valence-corrected chi connectivity index (χ2v) is 9.84. The van der Waals surface area contributed by atoms with Gasteiger partial charge in [0, 0.05) is 6.20 Å². The Kier molecular flexibility index (Phi) is 7.08. The Hall–Kier alpha value is -4.27. The number of phenolic OH excluding ortho intramolecular Hbond substituents is 1. The molecule has 1 atom stereocenters. The number of nitrogens with zero attached hydrogens (tertiary/aromatic N) is 1. The molecule has 39 heavy (non-hydrogen) atoms. The molecule has 9 heteroatoms. The van der Waals surface area contributed by atoms with E-state index in [-0.39, 0.29) is 23.8 Å². The Bertz CT molecular complexity index is 1430. The molecule has 0 bridgehead atoms. The quantitative estimate of drug-likeness (QED) is 0.249. The summed E-state index contributed by atoms with van der Waals surface area (Å²) in [5, 5.41) is 13.1. The van der Waals surface area contributed by atoms with Crippen LogP contribution in [0, 0.1) is 6.92 Å². The van der Waals surface area contributed by atoms with Crippen LogP contribution < -0.4 is 10.1 Å². The maximum absolute atomic E-state index is 13.6. The molecule has 1 fully saturated rings. The van der Waals surface area contributed by atoms with E-state index in [2.05, 4.69) is 27.4 Å². The molecule has 1 heterocycles. The zero-order valence-corrected chi connectivity index (χ0v) is 21.3. The molecule has 1 aliphatic rings. The number of aromatic hydroxyl groups is 1. The molecule has 3 aromatic carbocycles. The van der Waals surface area contributed by atoms with Crippen LogP contribution in [0.1, 0.15) is 52.5 Å². The first-order chi connectivity index (χ1) is 18.6. The van der Waals surface area contributed by atoms with Gasteiger partial charge < -0.3 is 20.1 Å². The van der Waals surface area contributed by atoms with E-state index in [0.29, 0.717) is 28.6 Å². The minimum absolute atomic E-state index is 0.0379. The SMILES string of the molecule is Cc1nc(C(NC(=O)Cc2ccc(C3CC3)cc2)(c2ccc(O)cc2)c2ccc(OCC(F)(F)F)cc2)c[nH]1. The number of carbonyl (C=O) groups is 1. The number of benzene rings is 3. The lowest BCUT2D eigenvalue weighted by Crippen LogP contribution is -2.48. The number of nitrogens with one attached hydrogen (secondary N) is 2. The summed E-state index contributed by atoms with van der Waals surface area (Å²) in [6, 6.07) is 20.5. The van der Waals surface area contributed by atoms with Gasteiger partial charge in [-0.3, -0.25) is 4.79 Å². The number of aromatic amines is 1. The third kappa shape index (κ3) is 6.08. The van der Waals surface area contributed by atoms with Gasteiger partial charge in [-0.25, -0.2) is 4.98 Å². The number of amides is 1. The van der Waals surface area contributed by atoms with E-state index in [1.165, 1.54) is 42.7 Å². The molecular weight excluding hydrogens is 507 g/mol. The van der Waals surface area contributed by atoms with E-state index in [9.17, 15) is 23.1 Å². The Labute approximate surface area is 223 Å². The highest BCUT2D eigenvalue weighted by Crippen LogP contribution is 2.40. The van der Waals surface area contributed by atoms with Gasteiger partial charge in [0.15, 0.2) is 6.61 Å². The van der Waals surface area contributed by atoms with Crippen molar-refractivity contribution < 1.29 is 27.8 Å². The van der Waals surface area contributed by atoms with Crippen LogP contribution in [0.3, 0.4) is 0 Å². The van der Waals surface area contributed by atoms with E-state index in [1.54, 1.807) is 37.4 Å². The largest absolute Gasteiger partial charge is 0.508 e. The van der Waals surface area contributed by atoms with Crippen LogP contribution in [-0.4, -0.2) is 33.8 Å². The predicted molar refractivity (Wildman–Crippen MR) is 140 cm³/mol. The van der Waals surface area contributed by atoms with Crippen LogP contribution in [0.5, 0.6) is 11.5 Å². The summed E-state index contributed by atoms with van der Waals surface area (Å²) >= 11 is 0. The molecule has 202 valence electrons. The standard InChI is InChI=1S/C30H28F3N3O3/c1-19-34-17-27(35-19)30(23-8-12-25(37)13-9-23,24-10-14-26(15-11-24)39-18-29(31,32)33)36-28(38)16-20-2-4-21(5-3-20)22-6-7-22/h2-5,8-15,17,22,37H,6-7,16,18H2,1H3,(H,34,35)(H,36,38). The van der Waals surface area contributed by atoms with Crippen LogP contribution in [0.25, 0.3) is 0 Å². The van der Waals surface area contributed by atoms with Crippen LogP contribution in [0.4, 0.5) is 13.2 Å². The molecule has 0 aliphatic heterocycles. The Morgan fingerprint density at radius 3 is 2.15 bits per heavy atom. The van der Waals surface area contributed by atoms with Gasteiger partial charge in [0.1, 0.15) is 22.9 Å². The van der Waals surface area contributed by atoms with Crippen molar-refractivity contribution in [2.75, 3.05) is 6.61 Å². The third-order valence-corrected chi connectivity index (χ3v) is 6.80. The first-order valence-corrected chi connectivity index (χ1v) is 12.6. The monoisotopic (exact) mass is 535 g/mol. The van der Waals surface area contributed by atoms with Crippen molar-refractivity contribution >= 4 is 5.91 Å². The molecule has 0 spiro atoms. The number of hydrogen-bond acceptors (Lipinski definition) is 4. The summed E-state index contributed by atoms with van der Waals surface area (Å²) in [6.07, 6.45) is -0.288. The molecule has 6 nitrogen and oxygen atoms in total. The number of aryl methyl sites for hydroxylation is 1. The van der Waals surface area contributed by atoms with Gasteiger partial charge in [-0.05, 0) is 72.2 Å². The smallest absolute Gasteiger partial charge is 0.422 e. The normalized spacial score (nSPS) is 15.0. The molecule has 1 aromatic heterocycles. The minimum atomic E-state index is -4.47. The van der Waals surface area contributed by atoms with Crippen LogP contribution in [0.2, 0.25) is 0 Å². The fourth-order valence-corrected chi connectivity index (χ4v) is 4.72. The highest BCUT2D eigenvalue weighted by Gasteiger charge is 2.40. The number of rotatable bonds is 9. The number of hydrogen-bond donors (Lipinski definition) is 3.